The van der Waals surface area contributed by atoms with Gasteiger partial charge in [0, 0.05) is 11.7 Å². The first kappa shape index (κ1) is 10.3. The normalized spacial score (nSPS) is 23.6. The Morgan fingerprint density at radius 1 is 1.60 bits per heavy atom. The molecule has 1 saturated carbocycles. The lowest BCUT2D eigenvalue weighted by Crippen LogP contribution is -2.15. The Balaban J connectivity index is 2.19. The molecule has 1 aromatic rings. The van der Waals surface area contributed by atoms with Crippen LogP contribution in [0.1, 0.15) is 24.7 Å². The molecule has 3 N–H and O–H groups in total. The third-order valence-electron chi connectivity index (χ3n) is 2.53. The number of hydrogen-bond donors (Lipinski definition) is 2. The van der Waals surface area contributed by atoms with Crippen LogP contribution in [0, 0.1) is 12.8 Å². The van der Waals surface area contributed by atoms with E-state index in [1.807, 2.05) is 6.92 Å². The van der Waals surface area contributed by atoms with Crippen LogP contribution in [0.5, 0.6) is 0 Å². The zero-order valence-electron chi connectivity index (χ0n) is 8.82. The van der Waals surface area contributed by atoms with Crippen molar-refractivity contribution in [2.45, 2.75) is 26.3 Å². The van der Waals surface area contributed by atoms with Gasteiger partial charge in [0.25, 0.3) is 0 Å². The van der Waals surface area contributed by atoms with Gasteiger partial charge in [-0.1, -0.05) is 19.1 Å². The summed E-state index contributed by atoms with van der Waals surface area (Å²) in [5, 5.41) is 3.26. The van der Waals surface area contributed by atoms with Gasteiger partial charge in [-0.2, -0.15) is 0 Å². The molecule has 1 aliphatic rings. The first-order chi connectivity index (χ1) is 7.06. The van der Waals surface area contributed by atoms with Gasteiger partial charge in [0.05, 0.1) is 0 Å². The minimum atomic E-state index is 0.312. The average molecular weight is 222 g/mol. The molecule has 2 unspecified atom stereocenters. The van der Waals surface area contributed by atoms with Crippen LogP contribution >= 0.6 is 12.2 Å². The van der Waals surface area contributed by atoms with Gasteiger partial charge in [0.15, 0.2) is 0 Å². The van der Waals surface area contributed by atoms with Crippen molar-refractivity contribution < 1.29 is 0 Å². The number of aryl methyl sites for hydroxylation is 1. The van der Waals surface area contributed by atoms with Gasteiger partial charge in [0.2, 0.25) is 5.95 Å². The maximum absolute atomic E-state index is 5.54. The van der Waals surface area contributed by atoms with Gasteiger partial charge in [0.1, 0.15) is 10.7 Å². The van der Waals surface area contributed by atoms with E-state index in [1.54, 1.807) is 6.07 Å². The van der Waals surface area contributed by atoms with Crippen molar-refractivity contribution >= 4 is 23.2 Å². The molecule has 0 radical (unpaired) electrons. The third kappa shape index (κ3) is 2.41. The van der Waals surface area contributed by atoms with Crippen molar-refractivity contribution in [1.29, 1.82) is 0 Å². The topological polar surface area (TPSA) is 63.8 Å². The van der Waals surface area contributed by atoms with E-state index in [0.717, 1.165) is 5.69 Å². The zero-order valence-corrected chi connectivity index (χ0v) is 9.64. The monoisotopic (exact) mass is 222 g/mol. The summed E-state index contributed by atoms with van der Waals surface area (Å²) in [5.41, 5.74) is 7.05. The molecule has 2 atom stereocenters. The molecule has 0 amide bonds. The van der Waals surface area contributed by atoms with Crippen LogP contribution < -0.4 is 11.1 Å². The molecule has 0 bridgehead atoms. The summed E-state index contributed by atoms with van der Waals surface area (Å²) in [6.45, 7) is 4.10. The number of anilines is 1. The van der Waals surface area contributed by atoms with E-state index in [2.05, 4.69) is 22.2 Å². The summed E-state index contributed by atoms with van der Waals surface area (Å²) in [4.78, 5) is 8.87. The molecular formula is C10H14N4S. The van der Waals surface area contributed by atoms with E-state index in [1.165, 1.54) is 6.42 Å². The van der Waals surface area contributed by atoms with Crippen molar-refractivity contribution in [2.75, 3.05) is 5.32 Å². The molecule has 0 spiro atoms. The molecule has 5 heteroatoms. The summed E-state index contributed by atoms with van der Waals surface area (Å²) in [5.74, 6) is 1.34. The van der Waals surface area contributed by atoms with Crippen LogP contribution in [0.3, 0.4) is 0 Å². The minimum absolute atomic E-state index is 0.312. The standard InChI is InChI=1S/C10H14N4S/c1-5-3-7(5)13-10-12-6(2)4-8(14-10)9(11)15/h4-5,7H,3H2,1-2H3,(H2,11,15)(H,12,13,14). The number of rotatable bonds is 3. The Kier molecular flexibility index (Phi) is 2.56. The van der Waals surface area contributed by atoms with E-state index in [9.17, 15) is 0 Å². The van der Waals surface area contributed by atoms with Crippen molar-refractivity contribution in [2.24, 2.45) is 11.7 Å². The number of nitrogens with one attached hydrogen (secondary N) is 1. The summed E-state index contributed by atoms with van der Waals surface area (Å²) >= 11 is 4.89. The second-order valence-corrected chi connectivity index (χ2v) is 4.49. The highest BCUT2D eigenvalue weighted by atomic mass is 32.1. The summed E-state index contributed by atoms with van der Waals surface area (Å²) < 4.78 is 0. The predicted molar refractivity (Wildman–Crippen MR) is 63.8 cm³/mol. The van der Waals surface area contributed by atoms with Gasteiger partial charge < -0.3 is 11.1 Å². The van der Waals surface area contributed by atoms with Gasteiger partial charge in [-0.3, -0.25) is 0 Å². The van der Waals surface area contributed by atoms with E-state index < -0.39 is 0 Å². The predicted octanol–water partition coefficient (Wildman–Crippen LogP) is 1.24. The first-order valence-corrected chi connectivity index (χ1v) is 5.39. The number of nitrogens with zero attached hydrogens (tertiary/aromatic N) is 2. The zero-order chi connectivity index (χ0) is 11.0. The Labute approximate surface area is 94.3 Å². The quantitative estimate of drug-likeness (QED) is 0.753. The highest BCUT2D eigenvalue weighted by molar-refractivity contribution is 7.80. The summed E-state index contributed by atoms with van der Waals surface area (Å²) in [6.07, 6.45) is 1.18. The molecule has 15 heavy (non-hydrogen) atoms. The second kappa shape index (κ2) is 3.73. The van der Waals surface area contributed by atoms with Gasteiger partial charge >= 0.3 is 0 Å². The van der Waals surface area contributed by atoms with Crippen LogP contribution in [0.25, 0.3) is 0 Å². The van der Waals surface area contributed by atoms with Crippen LogP contribution in [0.4, 0.5) is 5.95 Å². The average Bonchev–Trinajstić information content (AvgIpc) is 2.80. The highest BCUT2D eigenvalue weighted by Gasteiger charge is 2.33. The molecule has 1 aliphatic carbocycles. The number of thiocarbonyl (C=S) groups is 1. The number of aromatic nitrogens is 2. The SMILES string of the molecule is Cc1cc(C(N)=S)nc(NC2CC2C)n1. The Hall–Kier alpha value is -1.23. The van der Waals surface area contributed by atoms with Crippen molar-refractivity contribution in [3.05, 3.63) is 17.5 Å². The van der Waals surface area contributed by atoms with Gasteiger partial charge in [-0.15, -0.1) is 0 Å². The van der Waals surface area contributed by atoms with E-state index in [0.29, 0.717) is 28.6 Å². The molecule has 0 saturated heterocycles. The minimum Gasteiger partial charge on any atom is -0.388 e. The van der Waals surface area contributed by atoms with E-state index >= 15 is 0 Å². The van der Waals surface area contributed by atoms with Crippen LogP contribution in [0.2, 0.25) is 0 Å². The molecule has 1 aromatic heterocycles. The molecular weight excluding hydrogens is 208 g/mol. The maximum atomic E-state index is 5.54. The Bertz CT molecular complexity index is 404. The van der Waals surface area contributed by atoms with Crippen LogP contribution in [-0.2, 0) is 0 Å². The number of nitrogens with two attached hydrogens (primary N) is 1. The molecule has 0 aromatic carbocycles. The largest absolute Gasteiger partial charge is 0.388 e. The Morgan fingerprint density at radius 3 is 2.80 bits per heavy atom. The summed E-state index contributed by atoms with van der Waals surface area (Å²) in [6, 6.07) is 2.30. The van der Waals surface area contributed by atoms with Crippen molar-refractivity contribution in [1.82, 2.24) is 9.97 Å². The number of hydrogen-bond acceptors (Lipinski definition) is 4. The fourth-order valence-electron chi connectivity index (χ4n) is 1.45. The van der Waals surface area contributed by atoms with Gasteiger partial charge in [-0.05, 0) is 25.3 Å². The fraction of sp³-hybridized carbons (Fsp3) is 0.500. The highest BCUT2D eigenvalue weighted by Crippen LogP contribution is 2.31. The molecule has 1 fully saturated rings. The van der Waals surface area contributed by atoms with Crippen molar-refractivity contribution in [3.8, 4) is 0 Å². The lowest BCUT2D eigenvalue weighted by atomic mass is 10.3. The molecule has 80 valence electrons. The molecule has 2 rings (SSSR count). The lowest BCUT2D eigenvalue weighted by molar-refractivity contribution is 0.910. The van der Waals surface area contributed by atoms with E-state index in [-0.39, 0.29) is 0 Å². The first-order valence-electron chi connectivity index (χ1n) is 4.98. The smallest absolute Gasteiger partial charge is 0.223 e. The van der Waals surface area contributed by atoms with E-state index in [4.69, 9.17) is 18.0 Å². The third-order valence-corrected chi connectivity index (χ3v) is 2.74. The van der Waals surface area contributed by atoms with Gasteiger partial charge in [-0.25, -0.2) is 9.97 Å². The van der Waals surface area contributed by atoms with Crippen molar-refractivity contribution in [3.63, 3.8) is 0 Å². The summed E-state index contributed by atoms with van der Waals surface area (Å²) in [7, 11) is 0. The molecule has 4 nitrogen and oxygen atoms in total. The Morgan fingerprint density at radius 2 is 2.27 bits per heavy atom. The molecule has 0 aliphatic heterocycles. The van der Waals surface area contributed by atoms with Crippen LogP contribution in [0.15, 0.2) is 6.07 Å². The maximum Gasteiger partial charge on any atom is 0.223 e. The van der Waals surface area contributed by atoms with Crippen LogP contribution in [-0.4, -0.2) is 21.0 Å². The lowest BCUT2D eigenvalue weighted by Gasteiger charge is -2.06. The second-order valence-electron chi connectivity index (χ2n) is 4.05. The molecule has 1 heterocycles. The fourth-order valence-corrected chi connectivity index (χ4v) is 1.55.